The van der Waals surface area contributed by atoms with Crippen LogP contribution in [-0.2, 0) is 4.79 Å². The van der Waals surface area contributed by atoms with E-state index in [-0.39, 0.29) is 23.0 Å². The van der Waals surface area contributed by atoms with Crippen molar-refractivity contribution in [1.82, 2.24) is 0 Å². The van der Waals surface area contributed by atoms with Crippen LogP contribution in [0.5, 0.6) is 5.75 Å². The number of aromatic hydroxyl groups is 1. The van der Waals surface area contributed by atoms with Crippen molar-refractivity contribution in [3.05, 3.63) is 23.8 Å². The second-order valence-corrected chi connectivity index (χ2v) is 3.81. The first-order valence-electron chi connectivity index (χ1n) is 5.74. The average molecular weight is 235 g/mol. The highest BCUT2D eigenvalue weighted by molar-refractivity contribution is 6.00. The van der Waals surface area contributed by atoms with Crippen molar-refractivity contribution >= 4 is 17.4 Å². The molecule has 0 saturated heterocycles. The van der Waals surface area contributed by atoms with E-state index in [1.54, 1.807) is 13.0 Å². The van der Waals surface area contributed by atoms with Gasteiger partial charge in [0.15, 0.2) is 5.78 Å². The Labute approximate surface area is 101 Å². The van der Waals surface area contributed by atoms with Gasteiger partial charge in [-0.15, -0.1) is 0 Å². The van der Waals surface area contributed by atoms with Gasteiger partial charge in [-0.25, -0.2) is 0 Å². The molecule has 1 amide bonds. The number of rotatable bonds is 5. The lowest BCUT2D eigenvalue weighted by Gasteiger charge is -2.07. The van der Waals surface area contributed by atoms with E-state index in [9.17, 15) is 14.7 Å². The molecular weight excluding hydrogens is 218 g/mol. The van der Waals surface area contributed by atoms with Crippen molar-refractivity contribution in [1.29, 1.82) is 0 Å². The number of anilines is 1. The smallest absolute Gasteiger partial charge is 0.224 e. The number of phenolic OH excluding ortho intramolecular Hbond substituents is 1. The summed E-state index contributed by atoms with van der Waals surface area (Å²) in [6, 6.07) is 4.51. The molecule has 0 aliphatic heterocycles. The molecule has 17 heavy (non-hydrogen) atoms. The van der Waals surface area contributed by atoms with Gasteiger partial charge in [-0.05, 0) is 24.6 Å². The molecule has 0 aliphatic rings. The van der Waals surface area contributed by atoms with Gasteiger partial charge in [-0.1, -0.05) is 13.8 Å². The molecular formula is C13H17NO3. The predicted molar refractivity (Wildman–Crippen MR) is 66.3 cm³/mol. The summed E-state index contributed by atoms with van der Waals surface area (Å²) in [5, 5.41) is 12.2. The van der Waals surface area contributed by atoms with Crippen molar-refractivity contribution in [2.45, 2.75) is 33.1 Å². The number of nitrogens with one attached hydrogen (secondary N) is 1. The highest BCUT2D eigenvalue weighted by Crippen LogP contribution is 2.23. The topological polar surface area (TPSA) is 66.4 Å². The molecule has 4 nitrogen and oxygen atoms in total. The molecule has 0 atom stereocenters. The van der Waals surface area contributed by atoms with Gasteiger partial charge < -0.3 is 10.4 Å². The van der Waals surface area contributed by atoms with Crippen LogP contribution in [0.1, 0.15) is 43.5 Å². The summed E-state index contributed by atoms with van der Waals surface area (Å²) in [5.41, 5.74) is 0.792. The summed E-state index contributed by atoms with van der Waals surface area (Å²) in [7, 11) is 0. The number of amides is 1. The van der Waals surface area contributed by atoms with Crippen LogP contribution >= 0.6 is 0 Å². The summed E-state index contributed by atoms with van der Waals surface area (Å²) < 4.78 is 0. The molecule has 0 aliphatic carbocycles. The predicted octanol–water partition coefficient (Wildman–Crippen LogP) is 2.72. The Morgan fingerprint density at radius 1 is 1.29 bits per heavy atom. The lowest BCUT2D eigenvalue weighted by Crippen LogP contribution is -2.11. The van der Waals surface area contributed by atoms with E-state index in [1.165, 1.54) is 12.1 Å². The Bertz CT molecular complexity index is 427. The molecule has 1 aromatic carbocycles. The van der Waals surface area contributed by atoms with Crippen LogP contribution in [0.2, 0.25) is 0 Å². The van der Waals surface area contributed by atoms with Crippen molar-refractivity contribution in [3.63, 3.8) is 0 Å². The second kappa shape index (κ2) is 6.03. The fraction of sp³-hybridized carbons (Fsp3) is 0.385. The SMILES string of the molecule is CCCC(=O)Nc1ccc(O)c(C(=O)CC)c1. The monoisotopic (exact) mass is 235 g/mol. The highest BCUT2D eigenvalue weighted by atomic mass is 16.3. The Balaban J connectivity index is 2.89. The van der Waals surface area contributed by atoms with Gasteiger partial charge >= 0.3 is 0 Å². The Hall–Kier alpha value is -1.84. The number of benzene rings is 1. The van der Waals surface area contributed by atoms with E-state index in [2.05, 4.69) is 5.32 Å². The molecule has 0 heterocycles. The third-order valence-electron chi connectivity index (χ3n) is 2.38. The van der Waals surface area contributed by atoms with Gasteiger partial charge in [0.1, 0.15) is 5.75 Å². The number of Topliss-reactive ketones (excluding diaryl/α,β-unsaturated/α-hetero) is 1. The quantitative estimate of drug-likeness (QED) is 0.609. The van der Waals surface area contributed by atoms with Gasteiger partial charge in [0, 0.05) is 18.5 Å². The standard InChI is InChI=1S/C13H17NO3/c1-3-5-13(17)14-9-6-7-12(16)10(8-9)11(15)4-2/h6-8,16H,3-5H2,1-2H3,(H,14,17). The fourth-order valence-corrected chi connectivity index (χ4v) is 1.48. The molecule has 0 bridgehead atoms. The van der Waals surface area contributed by atoms with E-state index in [4.69, 9.17) is 0 Å². The first-order chi connectivity index (χ1) is 8.08. The minimum absolute atomic E-state index is 0.0506. The molecule has 2 N–H and O–H groups in total. The first kappa shape index (κ1) is 13.2. The zero-order chi connectivity index (χ0) is 12.8. The lowest BCUT2D eigenvalue weighted by atomic mass is 10.1. The van der Waals surface area contributed by atoms with E-state index < -0.39 is 0 Å². The third-order valence-corrected chi connectivity index (χ3v) is 2.38. The summed E-state index contributed by atoms with van der Waals surface area (Å²) in [6.45, 7) is 3.65. The molecule has 0 unspecified atom stereocenters. The maximum Gasteiger partial charge on any atom is 0.224 e. The van der Waals surface area contributed by atoms with E-state index in [0.29, 0.717) is 18.5 Å². The van der Waals surface area contributed by atoms with Crippen molar-refractivity contribution in [2.24, 2.45) is 0 Å². The van der Waals surface area contributed by atoms with Crippen LogP contribution in [0.3, 0.4) is 0 Å². The minimum Gasteiger partial charge on any atom is -0.507 e. The number of phenols is 1. The molecule has 0 fully saturated rings. The number of hydrogen-bond acceptors (Lipinski definition) is 3. The molecule has 0 aromatic heterocycles. The van der Waals surface area contributed by atoms with Crippen molar-refractivity contribution in [2.75, 3.05) is 5.32 Å². The van der Waals surface area contributed by atoms with E-state index in [0.717, 1.165) is 6.42 Å². The zero-order valence-corrected chi connectivity index (χ0v) is 10.1. The number of carbonyl (C=O) groups excluding carboxylic acids is 2. The van der Waals surface area contributed by atoms with Crippen LogP contribution in [0, 0.1) is 0 Å². The Morgan fingerprint density at radius 3 is 2.59 bits per heavy atom. The average Bonchev–Trinajstić information content (AvgIpc) is 2.31. The van der Waals surface area contributed by atoms with Gasteiger partial charge in [0.25, 0.3) is 0 Å². The summed E-state index contributed by atoms with van der Waals surface area (Å²) in [5.74, 6) is -0.285. The zero-order valence-electron chi connectivity index (χ0n) is 10.1. The maximum atomic E-state index is 11.5. The number of hydrogen-bond donors (Lipinski definition) is 2. The Morgan fingerprint density at radius 2 is 2.00 bits per heavy atom. The van der Waals surface area contributed by atoms with Crippen LogP contribution in [-0.4, -0.2) is 16.8 Å². The number of carbonyl (C=O) groups is 2. The van der Waals surface area contributed by atoms with Crippen molar-refractivity contribution in [3.8, 4) is 5.75 Å². The van der Waals surface area contributed by atoms with Gasteiger partial charge in [-0.2, -0.15) is 0 Å². The molecule has 0 saturated carbocycles. The number of ketones is 1. The second-order valence-electron chi connectivity index (χ2n) is 3.81. The normalized spacial score (nSPS) is 10.0. The van der Waals surface area contributed by atoms with Gasteiger partial charge in [0.2, 0.25) is 5.91 Å². The molecule has 1 aromatic rings. The molecule has 0 spiro atoms. The largest absolute Gasteiger partial charge is 0.507 e. The molecule has 0 radical (unpaired) electrons. The summed E-state index contributed by atoms with van der Waals surface area (Å²) in [4.78, 5) is 22.9. The summed E-state index contributed by atoms with van der Waals surface area (Å²) in [6.07, 6.45) is 1.53. The molecule has 92 valence electrons. The van der Waals surface area contributed by atoms with Crippen LogP contribution in [0.15, 0.2) is 18.2 Å². The van der Waals surface area contributed by atoms with Gasteiger partial charge in [-0.3, -0.25) is 9.59 Å². The maximum absolute atomic E-state index is 11.5. The first-order valence-corrected chi connectivity index (χ1v) is 5.74. The lowest BCUT2D eigenvalue weighted by molar-refractivity contribution is -0.116. The van der Waals surface area contributed by atoms with Gasteiger partial charge in [0.05, 0.1) is 5.56 Å². The highest BCUT2D eigenvalue weighted by Gasteiger charge is 2.10. The fourth-order valence-electron chi connectivity index (χ4n) is 1.48. The van der Waals surface area contributed by atoms with Crippen LogP contribution < -0.4 is 5.32 Å². The third kappa shape index (κ3) is 3.59. The molecule has 1 rings (SSSR count). The summed E-state index contributed by atoms with van der Waals surface area (Å²) >= 11 is 0. The van der Waals surface area contributed by atoms with Crippen molar-refractivity contribution < 1.29 is 14.7 Å². The van der Waals surface area contributed by atoms with E-state index in [1.807, 2.05) is 6.92 Å². The minimum atomic E-state index is -0.144. The van der Waals surface area contributed by atoms with E-state index >= 15 is 0 Å². The molecule has 4 heteroatoms. The van der Waals surface area contributed by atoms with Crippen LogP contribution in [0.4, 0.5) is 5.69 Å². The van der Waals surface area contributed by atoms with Crippen LogP contribution in [0.25, 0.3) is 0 Å². The Kier molecular flexibility index (Phi) is 4.69.